The molecular weight excluding hydrogens is 212 g/mol. The number of rotatable bonds is 9. The fourth-order valence-corrected chi connectivity index (χ4v) is 2.46. The summed E-state index contributed by atoms with van der Waals surface area (Å²) in [5, 5.41) is 3.60. The number of hydrogen-bond acceptors (Lipinski definition) is 3. The molecule has 1 aliphatic heterocycles. The molecular formula is C14H30N2O. The SMILES string of the molecule is CCCCCN(C)CC1COCC1NCCC. The summed E-state index contributed by atoms with van der Waals surface area (Å²) >= 11 is 0. The first-order chi connectivity index (χ1) is 8.27. The molecule has 0 bridgehead atoms. The fraction of sp³-hybridized carbons (Fsp3) is 1.00. The molecule has 1 N–H and O–H groups in total. The Morgan fingerprint density at radius 1 is 1.18 bits per heavy atom. The van der Waals surface area contributed by atoms with Crippen molar-refractivity contribution in [2.24, 2.45) is 5.92 Å². The lowest BCUT2D eigenvalue weighted by Gasteiger charge is -2.24. The Bertz CT molecular complexity index is 187. The summed E-state index contributed by atoms with van der Waals surface area (Å²) in [4.78, 5) is 2.47. The van der Waals surface area contributed by atoms with Gasteiger partial charge in [-0.25, -0.2) is 0 Å². The summed E-state index contributed by atoms with van der Waals surface area (Å²) in [6, 6.07) is 0.573. The predicted octanol–water partition coefficient (Wildman–Crippen LogP) is 2.12. The Morgan fingerprint density at radius 3 is 2.71 bits per heavy atom. The summed E-state index contributed by atoms with van der Waals surface area (Å²) in [5.41, 5.74) is 0. The maximum absolute atomic E-state index is 5.60. The van der Waals surface area contributed by atoms with Gasteiger partial charge in [0.05, 0.1) is 13.2 Å². The van der Waals surface area contributed by atoms with Crippen LogP contribution in [0.3, 0.4) is 0 Å². The minimum Gasteiger partial charge on any atom is -0.379 e. The van der Waals surface area contributed by atoms with Gasteiger partial charge in [0.1, 0.15) is 0 Å². The van der Waals surface area contributed by atoms with E-state index in [1.54, 1.807) is 0 Å². The highest BCUT2D eigenvalue weighted by atomic mass is 16.5. The van der Waals surface area contributed by atoms with Crippen molar-refractivity contribution >= 4 is 0 Å². The lowest BCUT2D eigenvalue weighted by atomic mass is 10.0. The highest BCUT2D eigenvalue weighted by Crippen LogP contribution is 2.15. The van der Waals surface area contributed by atoms with Gasteiger partial charge in [-0.05, 0) is 33.0 Å². The van der Waals surface area contributed by atoms with Crippen LogP contribution in [0, 0.1) is 5.92 Å². The highest BCUT2D eigenvalue weighted by Gasteiger charge is 2.28. The van der Waals surface area contributed by atoms with E-state index in [9.17, 15) is 0 Å². The number of hydrogen-bond donors (Lipinski definition) is 1. The van der Waals surface area contributed by atoms with Gasteiger partial charge in [0.15, 0.2) is 0 Å². The van der Waals surface area contributed by atoms with E-state index in [-0.39, 0.29) is 0 Å². The first-order valence-corrected chi connectivity index (χ1v) is 7.27. The first-order valence-electron chi connectivity index (χ1n) is 7.27. The molecule has 17 heavy (non-hydrogen) atoms. The van der Waals surface area contributed by atoms with Gasteiger partial charge in [-0.2, -0.15) is 0 Å². The van der Waals surface area contributed by atoms with Gasteiger partial charge in [0.25, 0.3) is 0 Å². The van der Waals surface area contributed by atoms with Gasteiger partial charge in [-0.15, -0.1) is 0 Å². The topological polar surface area (TPSA) is 24.5 Å². The average Bonchev–Trinajstić information content (AvgIpc) is 2.74. The molecule has 0 radical (unpaired) electrons. The van der Waals surface area contributed by atoms with Crippen LogP contribution < -0.4 is 5.32 Å². The van der Waals surface area contributed by atoms with E-state index in [1.165, 1.54) is 38.8 Å². The predicted molar refractivity (Wildman–Crippen MR) is 73.4 cm³/mol. The molecule has 0 aromatic heterocycles. The van der Waals surface area contributed by atoms with Gasteiger partial charge in [0, 0.05) is 18.5 Å². The maximum atomic E-state index is 5.60. The fourth-order valence-electron chi connectivity index (χ4n) is 2.46. The van der Waals surface area contributed by atoms with Gasteiger partial charge >= 0.3 is 0 Å². The minimum absolute atomic E-state index is 0.573. The minimum atomic E-state index is 0.573. The molecule has 2 atom stereocenters. The van der Waals surface area contributed by atoms with Crippen molar-refractivity contribution in [1.29, 1.82) is 0 Å². The van der Waals surface area contributed by atoms with E-state index in [1.807, 2.05) is 0 Å². The van der Waals surface area contributed by atoms with Crippen LogP contribution in [0.2, 0.25) is 0 Å². The van der Waals surface area contributed by atoms with Crippen molar-refractivity contribution in [3.8, 4) is 0 Å². The van der Waals surface area contributed by atoms with Crippen molar-refractivity contribution in [3.63, 3.8) is 0 Å². The second-order valence-corrected chi connectivity index (χ2v) is 5.33. The van der Waals surface area contributed by atoms with Crippen LogP contribution in [0.15, 0.2) is 0 Å². The van der Waals surface area contributed by atoms with Crippen molar-refractivity contribution in [2.75, 3.05) is 39.9 Å². The van der Waals surface area contributed by atoms with Crippen molar-refractivity contribution in [2.45, 2.75) is 45.6 Å². The highest BCUT2D eigenvalue weighted by molar-refractivity contribution is 4.83. The molecule has 0 saturated carbocycles. The molecule has 1 fully saturated rings. The molecule has 1 saturated heterocycles. The van der Waals surface area contributed by atoms with Crippen LogP contribution in [-0.4, -0.2) is 50.8 Å². The molecule has 0 aromatic carbocycles. The molecule has 3 heteroatoms. The molecule has 102 valence electrons. The van der Waals surface area contributed by atoms with Crippen molar-refractivity contribution in [3.05, 3.63) is 0 Å². The third-order valence-electron chi connectivity index (χ3n) is 3.54. The number of unbranched alkanes of at least 4 members (excludes halogenated alkanes) is 2. The van der Waals surface area contributed by atoms with E-state index in [0.29, 0.717) is 12.0 Å². The van der Waals surface area contributed by atoms with Gasteiger partial charge in [-0.3, -0.25) is 0 Å². The largest absolute Gasteiger partial charge is 0.379 e. The first kappa shape index (κ1) is 14.9. The number of nitrogens with zero attached hydrogens (tertiary/aromatic N) is 1. The number of nitrogens with one attached hydrogen (secondary N) is 1. The molecule has 0 spiro atoms. The van der Waals surface area contributed by atoms with Crippen LogP contribution >= 0.6 is 0 Å². The second kappa shape index (κ2) is 8.90. The zero-order chi connectivity index (χ0) is 12.5. The Labute approximate surface area is 107 Å². The normalized spacial score (nSPS) is 24.7. The molecule has 1 aliphatic rings. The van der Waals surface area contributed by atoms with Crippen LogP contribution in [0.1, 0.15) is 39.5 Å². The van der Waals surface area contributed by atoms with Crippen molar-refractivity contribution in [1.82, 2.24) is 10.2 Å². The average molecular weight is 242 g/mol. The maximum Gasteiger partial charge on any atom is 0.0623 e. The smallest absolute Gasteiger partial charge is 0.0623 e. The van der Waals surface area contributed by atoms with Gasteiger partial charge in [-0.1, -0.05) is 26.7 Å². The zero-order valence-electron chi connectivity index (χ0n) is 11.9. The zero-order valence-corrected chi connectivity index (χ0v) is 11.9. The van der Waals surface area contributed by atoms with Crippen LogP contribution in [0.4, 0.5) is 0 Å². The molecule has 1 rings (SSSR count). The van der Waals surface area contributed by atoms with Crippen molar-refractivity contribution < 1.29 is 4.74 Å². The second-order valence-electron chi connectivity index (χ2n) is 5.33. The van der Waals surface area contributed by atoms with E-state index >= 15 is 0 Å². The van der Waals surface area contributed by atoms with Crippen LogP contribution in [0.5, 0.6) is 0 Å². The molecule has 0 aliphatic carbocycles. The lowest BCUT2D eigenvalue weighted by Crippen LogP contribution is -2.41. The Kier molecular flexibility index (Phi) is 7.82. The Morgan fingerprint density at radius 2 is 2.00 bits per heavy atom. The molecule has 0 aromatic rings. The van der Waals surface area contributed by atoms with Gasteiger partial charge < -0.3 is 15.0 Å². The third kappa shape index (κ3) is 5.84. The molecule has 1 heterocycles. The van der Waals surface area contributed by atoms with E-state index in [4.69, 9.17) is 4.74 Å². The monoisotopic (exact) mass is 242 g/mol. The summed E-state index contributed by atoms with van der Waals surface area (Å²) < 4.78 is 5.60. The van der Waals surface area contributed by atoms with E-state index < -0.39 is 0 Å². The molecule has 3 nitrogen and oxygen atoms in total. The van der Waals surface area contributed by atoms with E-state index in [0.717, 1.165) is 19.8 Å². The molecule has 0 amide bonds. The Hall–Kier alpha value is -0.120. The van der Waals surface area contributed by atoms with E-state index in [2.05, 4.69) is 31.1 Å². The quantitative estimate of drug-likeness (QED) is 0.627. The third-order valence-corrected chi connectivity index (χ3v) is 3.54. The van der Waals surface area contributed by atoms with Crippen LogP contribution in [-0.2, 0) is 4.74 Å². The molecule has 2 unspecified atom stereocenters. The summed E-state index contributed by atoms with van der Waals surface area (Å²) in [7, 11) is 2.24. The summed E-state index contributed by atoms with van der Waals surface area (Å²) in [6.07, 6.45) is 5.19. The number of ether oxygens (including phenoxy) is 1. The lowest BCUT2D eigenvalue weighted by molar-refractivity contribution is 0.173. The summed E-state index contributed by atoms with van der Waals surface area (Å²) in [5.74, 6) is 0.674. The standard InChI is InChI=1S/C14H30N2O/c1-4-6-7-9-16(3)10-13-11-17-12-14(13)15-8-5-2/h13-15H,4-12H2,1-3H3. The van der Waals surface area contributed by atoms with Gasteiger partial charge in [0.2, 0.25) is 0 Å². The van der Waals surface area contributed by atoms with Crippen LogP contribution in [0.25, 0.3) is 0 Å². The Balaban J connectivity index is 2.19. The summed E-state index contributed by atoms with van der Waals surface area (Å²) in [6.45, 7) is 9.82.